The minimum absolute atomic E-state index is 0.262. The largest absolute Gasteiger partial charge is 0.469 e. The van der Waals surface area contributed by atoms with E-state index in [-0.39, 0.29) is 5.97 Å². The van der Waals surface area contributed by atoms with Gasteiger partial charge in [0.1, 0.15) is 0 Å². The van der Waals surface area contributed by atoms with Crippen molar-refractivity contribution in [1.29, 1.82) is 5.26 Å². The molecule has 7 heteroatoms. The number of fused-ring (bicyclic) bond motifs is 1. The van der Waals surface area contributed by atoms with E-state index in [4.69, 9.17) is 10.00 Å². The molecule has 3 rings (SSSR count). The summed E-state index contributed by atoms with van der Waals surface area (Å²) in [5.41, 5.74) is 1.03. The van der Waals surface area contributed by atoms with Crippen LogP contribution in [0.5, 0.6) is 0 Å². The fraction of sp³-hybridized carbons (Fsp3) is 0.591. The molecule has 0 radical (unpaired) electrons. The van der Waals surface area contributed by atoms with Crippen LogP contribution in [0.3, 0.4) is 0 Å². The fourth-order valence-electron chi connectivity index (χ4n) is 4.28. The molecule has 1 fully saturated rings. The van der Waals surface area contributed by atoms with Gasteiger partial charge in [-0.05, 0) is 57.2 Å². The van der Waals surface area contributed by atoms with Crippen molar-refractivity contribution in [3.63, 3.8) is 0 Å². The molecule has 29 heavy (non-hydrogen) atoms. The molecule has 2 N–H and O–H groups in total. The van der Waals surface area contributed by atoms with Gasteiger partial charge in [-0.2, -0.15) is 5.26 Å². The molecule has 2 atom stereocenters. The molecular formula is C22H30N4O3. The van der Waals surface area contributed by atoms with Gasteiger partial charge in [-0.25, -0.2) is 4.98 Å². The third-order valence-corrected chi connectivity index (χ3v) is 5.89. The monoisotopic (exact) mass is 398 g/mol. The van der Waals surface area contributed by atoms with Crippen molar-refractivity contribution in [3.8, 4) is 6.07 Å². The number of hydrogen-bond acceptors (Lipinski definition) is 6. The number of aromatic nitrogens is 2. The number of esters is 1. The van der Waals surface area contributed by atoms with Crippen molar-refractivity contribution in [2.75, 3.05) is 20.2 Å². The number of carbonyl (C=O) groups is 1. The van der Waals surface area contributed by atoms with Gasteiger partial charge in [-0.1, -0.05) is 6.42 Å². The van der Waals surface area contributed by atoms with E-state index >= 15 is 0 Å². The maximum atomic E-state index is 11.8. The van der Waals surface area contributed by atoms with E-state index in [0.717, 1.165) is 36.8 Å². The van der Waals surface area contributed by atoms with E-state index < -0.39 is 11.0 Å². The summed E-state index contributed by atoms with van der Waals surface area (Å²) in [4.78, 5) is 16.3. The summed E-state index contributed by atoms with van der Waals surface area (Å²) in [6.45, 7) is 5.34. The van der Waals surface area contributed by atoms with Crippen LogP contribution in [0.15, 0.2) is 24.5 Å². The van der Waals surface area contributed by atoms with Crippen LogP contribution in [0.4, 0.5) is 0 Å². The maximum absolute atomic E-state index is 11.8. The first-order valence-corrected chi connectivity index (χ1v) is 10.1. The lowest BCUT2D eigenvalue weighted by Gasteiger charge is -2.38. The van der Waals surface area contributed by atoms with E-state index in [1.165, 1.54) is 7.11 Å². The van der Waals surface area contributed by atoms with Crippen molar-refractivity contribution in [1.82, 2.24) is 14.9 Å². The SMILES string of the molecule is COC(=O)C(C)(C)CNCC1(O)CCCC(Cn2cnc3ccc(C#N)cc32)C1. The van der Waals surface area contributed by atoms with Gasteiger partial charge in [0.25, 0.3) is 0 Å². The summed E-state index contributed by atoms with van der Waals surface area (Å²) in [5.74, 6) is 0.0644. The Morgan fingerprint density at radius 3 is 3.03 bits per heavy atom. The molecule has 2 unspecified atom stereocenters. The molecule has 1 aromatic heterocycles. The Kier molecular flexibility index (Phi) is 6.25. The summed E-state index contributed by atoms with van der Waals surface area (Å²) in [5, 5.41) is 23.5. The Labute approximate surface area is 171 Å². The maximum Gasteiger partial charge on any atom is 0.312 e. The number of nitrogens with zero attached hydrogens (tertiary/aromatic N) is 3. The van der Waals surface area contributed by atoms with Crippen LogP contribution in [-0.2, 0) is 16.1 Å². The van der Waals surface area contributed by atoms with Crippen LogP contribution in [-0.4, -0.2) is 46.4 Å². The molecule has 7 nitrogen and oxygen atoms in total. The quantitative estimate of drug-likeness (QED) is 0.696. The van der Waals surface area contributed by atoms with Gasteiger partial charge in [-0.3, -0.25) is 4.79 Å². The smallest absolute Gasteiger partial charge is 0.312 e. The second-order valence-electron chi connectivity index (χ2n) is 8.88. The van der Waals surface area contributed by atoms with E-state index in [1.807, 2.05) is 32.3 Å². The van der Waals surface area contributed by atoms with Gasteiger partial charge in [0.05, 0.1) is 47.1 Å². The van der Waals surface area contributed by atoms with Crippen molar-refractivity contribution in [2.24, 2.45) is 11.3 Å². The topological polar surface area (TPSA) is 100 Å². The Balaban J connectivity index is 1.62. The average Bonchev–Trinajstić information content (AvgIpc) is 3.08. The molecule has 1 aliphatic rings. The summed E-state index contributed by atoms with van der Waals surface area (Å²) < 4.78 is 6.92. The van der Waals surface area contributed by atoms with Crippen molar-refractivity contribution < 1.29 is 14.6 Å². The Morgan fingerprint density at radius 1 is 1.52 bits per heavy atom. The Morgan fingerprint density at radius 2 is 2.31 bits per heavy atom. The normalized spacial score (nSPS) is 22.4. The molecule has 0 amide bonds. The van der Waals surface area contributed by atoms with Gasteiger partial charge < -0.3 is 19.7 Å². The number of carbonyl (C=O) groups excluding carboxylic acids is 1. The third kappa shape index (κ3) is 4.95. The van der Waals surface area contributed by atoms with Gasteiger partial charge in [0.2, 0.25) is 0 Å². The number of hydrogen-bond donors (Lipinski definition) is 2. The van der Waals surface area contributed by atoms with E-state index in [2.05, 4.69) is 20.9 Å². The zero-order chi connectivity index (χ0) is 21.1. The summed E-state index contributed by atoms with van der Waals surface area (Å²) in [6, 6.07) is 7.69. The molecule has 2 aromatic rings. The van der Waals surface area contributed by atoms with E-state index in [0.29, 0.717) is 31.0 Å². The second kappa shape index (κ2) is 8.52. The molecule has 1 aliphatic carbocycles. The molecule has 156 valence electrons. The fourth-order valence-corrected chi connectivity index (χ4v) is 4.28. The van der Waals surface area contributed by atoms with Gasteiger partial charge in [-0.15, -0.1) is 0 Å². The molecule has 0 aliphatic heterocycles. The highest BCUT2D eigenvalue weighted by molar-refractivity contribution is 5.77. The zero-order valence-electron chi connectivity index (χ0n) is 17.4. The minimum atomic E-state index is -0.788. The first-order valence-electron chi connectivity index (χ1n) is 10.1. The summed E-state index contributed by atoms with van der Waals surface area (Å²) in [7, 11) is 1.39. The van der Waals surface area contributed by atoms with Crippen LogP contribution >= 0.6 is 0 Å². The number of aliphatic hydroxyl groups is 1. The van der Waals surface area contributed by atoms with Crippen molar-refractivity contribution >= 4 is 17.0 Å². The van der Waals surface area contributed by atoms with Crippen LogP contribution in [0.2, 0.25) is 0 Å². The molecular weight excluding hydrogens is 368 g/mol. The van der Waals surface area contributed by atoms with Crippen LogP contribution in [0.25, 0.3) is 11.0 Å². The van der Waals surface area contributed by atoms with Crippen LogP contribution in [0.1, 0.15) is 45.1 Å². The third-order valence-electron chi connectivity index (χ3n) is 5.89. The number of nitrogens with one attached hydrogen (secondary N) is 1. The molecule has 0 spiro atoms. The lowest BCUT2D eigenvalue weighted by molar-refractivity contribution is -0.150. The molecule has 1 saturated carbocycles. The van der Waals surface area contributed by atoms with E-state index in [1.54, 1.807) is 6.07 Å². The van der Waals surface area contributed by atoms with Crippen molar-refractivity contribution in [2.45, 2.75) is 51.7 Å². The molecule has 1 aromatic carbocycles. The zero-order valence-corrected chi connectivity index (χ0v) is 17.4. The average molecular weight is 399 g/mol. The molecule has 0 bridgehead atoms. The number of ether oxygens (including phenoxy) is 1. The highest BCUT2D eigenvalue weighted by atomic mass is 16.5. The number of methoxy groups -OCH3 is 1. The standard InChI is InChI=1S/C22H30N4O3/c1-21(2,20(27)29-3)13-24-14-22(28)8-4-5-17(10-22)12-26-15-25-18-7-6-16(11-23)9-19(18)26/h6-7,9,15,17,24,28H,4-5,8,10,12-14H2,1-3H3. The Bertz CT molecular complexity index is 914. The number of imidazole rings is 1. The summed E-state index contributed by atoms with van der Waals surface area (Å²) in [6.07, 6.45) is 5.26. The van der Waals surface area contributed by atoms with Crippen LogP contribution in [0, 0.1) is 22.7 Å². The molecule has 1 heterocycles. The van der Waals surface area contributed by atoms with Gasteiger partial charge >= 0.3 is 5.97 Å². The minimum Gasteiger partial charge on any atom is -0.469 e. The number of rotatable bonds is 7. The number of nitriles is 1. The first kappa shape index (κ1) is 21.3. The van der Waals surface area contributed by atoms with Gasteiger partial charge in [0, 0.05) is 19.6 Å². The lowest BCUT2D eigenvalue weighted by atomic mass is 9.77. The Hall–Kier alpha value is -2.43. The number of benzene rings is 1. The first-order chi connectivity index (χ1) is 13.8. The van der Waals surface area contributed by atoms with Crippen LogP contribution < -0.4 is 5.32 Å². The summed E-state index contributed by atoms with van der Waals surface area (Å²) >= 11 is 0. The predicted molar refractivity (Wildman–Crippen MR) is 110 cm³/mol. The van der Waals surface area contributed by atoms with E-state index in [9.17, 15) is 9.90 Å². The highest BCUT2D eigenvalue weighted by Gasteiger charge is 2.35. The molecule has 0 saturated heterocycles. The lowest BCUT2D eigenvalue weighted by Crippen LogP contribution is -2.48. The highest BCUT2D eigenvalue weighted by Crippen LogP contribution is 2.34. The van der Waals surface area contributed by atoms with Crippen molar-refractivity contribution in [3.05, 3.63) is 30.1 Å². The van der Waals surface area contributed by atoms with Gasteiger partial charge in [0.15, 0.2) is 0 Å². The predicted octanol–water partition coefficient (Wildman–Crippen LogP) is 2.62. The second-order valence-corrected chi connectivity index (χ2v) is 8.88.